The molecule has 0 unspecified atom stereocenters. The van der Waals surface area contributed by atoms with Gasteiger partial charge in [-0.05, 0) is 18.9 Å². The highest BCUT2D eigenvalue weighted by Gasteiger charge is 2.34. The third-order valence-electron chi connectivity index (χ3n) is 4.34. The zero-order chi connectivity index (χ0) is 18.7. The lowest BCUT2D eigenvalue weighted by molar-refractivity contribution is -0.130. The maximum absolute atomic E-state index is 12.7. The Kier molecular flexibility index (Phi) is 6.09. The summed E-state index contributed by atoms with van der Waals surface area (Å²) in [6.07, 6.45) is 3.86. The fraction of sp³-hybridized carbons (Fsp3) is 0.562. The van der Waals surface area contributed by atoms with Crippen LogP contribution >= 0.6 is 23.4 Å². The Hall–Kier alpha value is -1.32. The molecule has 0 saturated carbocycles. The summed E-state index contributed by atoms with van der Waals surface area (Å²) < 4.78 is 23.5. The van der Waals surface area contributed by atoms with Crippen molar-refractivity contribution in [1.82, 2.24) is 19.9 Å². The topological polar surface area (TPSA) is 96.0 Å². The summed E-state index contributed by atoms with van der Waals surface area (Å²) in [6.45, 7) is 2.64. The van der Waals surface area contributed by atoms with Gasteiger partial charge in [0.15, 0.2) is 20.6 Å². The van der Waals surface area contributed by atoms with Gasteiger partial charge in [0.1, 0.15) is 0 Å². The summed E-state index contributed by atoms with van der Waals surface area (Å²) in [4.78, 5) is 26.0. The third-order valence-corrected chi connectivity index (χ3v) is 7.15. The number of thioether (sulfide) groups is 1. The Balaban J connectivity index is 1.66. The smallest absolute Gasteiger partial charge is 0.233 e. The van der Waals surface area contributed by atoms with E-state index in [0.717, 1.165) is 18.4 Å². The largest absolute Gasteiger partial charge is 0.338 e. The third kappa shape index (κ3) is 4.69. The number of aromatic nitrogens is 3. The van der Waals surface area contributed by atoms with Crippen molar-refractivity contribution in [1.29, 1.82) is 0 Å². The van der Waals surface area contributed by atoms with E-state index in [0.29, 0.717) is 28.8 Å². The second-order valence-corrected chi connectivity index (χ2v) is 9.98. The lowest BCUT2D eigenvalue weighted by Gasteiger charge is -2.28. The average Bonchev–Trinajstić information content (AvgIpc) is 3.15. The molecular weight excluding hydrogens is 396 g/mol. The maximum atomic E-state index is 12.7. The minimum absolute atomic E-state index is 0.0583. The summed E-state index contributed by atoms with van der Waals surface area (Å²) >= 11 is 7.20. The number of sulfone groups is 1. The molecule has 0 spiro atoms. The number of hydrogen-bond donors (Lipinski definition) is 1. The van der Waals surface area contributed by atoms with Crippen LogP contribution in [-0.4, -0.2) is 64.0 Å². The highest BCUT2D eigenvalue weighted by atomic mass is 35.5. The molecule has 0 bridgehead atoms. The molecule has 3 heterocycles. The Morgan fingerprint density at radius 3 is 3.00 bits per heavy atom. The first-order valence-corrected chi connectivity index (χ1v) is 11.7. The molecule has 2 aromatic rings. The fourth-order valence-corrected chi connectivity index (χ4v) is 5.64. The van der Waals surface area contributed by atoms with E-state index < -0.39 is 9.84 Å². The van der Waals surface area contributed by atoms with Gasteiger partial charge in [-0.25, -0.2) is 18.4 Å². The maximum Gasteiger partial charge on any atom is 0.233 e. The standard InChI is InChI=1S/C16H21ClN4O3S2/c1-2-3-5-21(12-4-6-26(23,24)10-12)14(22)9-25-16-19-13-7-11(17)8-18-15(13)20-16/h7-8,12H,2-6,9-10H2,1H3,(H,18,19,20)/t12-/m1/s1. The number of aromatic amines is 1. The molecule has 142 valence electrons. The van der Waals surface area contributed by atoms with Crippen molar-refractivity contribution >= 4 is 50.3 Å². The minimum Gasteiger partial charge on any atom is -0.338 e. The van der Waals surface area contributed by atoms with Crippen LogP contribution in [0.2, 0.25) is 5.02 Å². The Morgan fingerprint density at radius 2 is 2.31 bits per heavy atom. The molecule has 10 heteroatoms. The molecule has 0 aliphatic carbocycles. The molecule has 1 N–H and O–H groups in total. The van der Waals surface area contributed by atoms with E-state index in [1.807, 2.05) is 0 Å². The Bertz CT molecular complexity index is 900. The monoisotopic (exact) mass is 416 g/mol. The summed E-state index contributed by atoms with van der Waals surface area (Å²) in [5.41, 5.74) is 1.27. The summed E-state index contributed by atoms with van der Waals surface area (Å²) in [5.74, 6) is 0.377. The highest BCUT2D eigenvalue weighted by Crippen LogP contribution is 2.23. The molecule has 0 radical (unpaired) electrons. The molecule has 7 nitrogen and oxygen atoms in total. The van der Waals surface area contributed by atoms with Crippen LogP contribution in [0.5, 0.6) is 0 Å². The number of carbonyl (C=O) groups excluding carboxylic acids is 1. The van der Waals surface area contributed by atoms with E-state index in [9.17, 15) is 13.2 Å². The van der Waals surface area contributed by atoms with Crippen molar-refractivity contribution in [2.75, 3.05) is 23.8 Å². The first-order chi connectivity index (χ1) is 12.4. The van der Waals surface area contributed by atoms with Crippen molar-refractivity contribution < 1.29 is 13.2 Å². The summed E-state index contributed by atoms with van der Waals surface area (Å²) in [6, 6.07) is 1.52. The van der Waals surface area contributed by atoms with Crippen LogP contribution in [-0.2, 0) is 14.6 Å². The SMILES string of the molecule is CCCCN(C(=O)CSc1nc2ncc(Cl)cc2[nH]1)[C@@H]1CCS(=O)(=O)C1. The van der Waals surface area contributed by atoms with Crippen molar-refractivity contribution in [3.05, 3.63) is 17.3 Å². The van der Waals surface area contributed by atoms with E-state index in [1.165, 1.54) is 18.0 Å². The van der Waals surface area contributed by atoms with Crippen LogP contribution in [0.15, 0.2) is 17.4 Å². The van der Waals surface area contributed by atoms with Gasteiger partial charge in [-0.2, -0.15) is 0 Å². The van der Waals surface area contributed by atoms with E-state index in [1.54, 1.807) is 11.0 Å². The number of imidazole rings is 1. The number of halogens is 1. The fourth-order valence-electron chi connectivity index (χ4n) is 2.99. The zero-order valence-corrected chi connectivity index (χ0v) is 16.8. The van der Waals surface area contributed by atoms with Crippen LogP contribution in [0, 0.1) is 0 Å². The van der Waals surface area contributed by atoms with E-state index in [-0.39, 0.29) is 29.2 Å². The zero-order valence-electron chi connectivity index (χ0n) is 14.4. The van der Waals surface area contributed by atoms with E-state index >= 15 is 0 Å². The molecule has 1 amide bonds. The predicted octanol–water partition coefficient (Wildman–Crippen LogP) is 2.52. The highest BCUT2D eigenvalue weighted by molar-refractivity contribution is 7.99. The van der Waals surface area contributed by atoms with Gasteiger partial charge >= 0.3 is 0 Å². The van der Waals surface area contributed by atoms with Gasteiger partial charge in [0, 0.05) is 18.8 Å². The number of amides is 1. The van der Waals surface area contributed by atoms with Gasteiger partial charge in [-0.3, -0.25) is 4.79 Å². The number of hydrogen-bond acceptors (Lipinski definition) is 6. The summed E-state index contributed by atoms with van der Waals surface area (Å²) in [5, 5.41) is 1.11. The van der Waals surface area contributed by atoms with Crippen molar-refractivity contribution in [2.45, 2.75) is 37.4 Å². The van der Waals surface area contributed by atoms with Crippen LogP contribution in [0.1, 0.15) is 26.2 Å². The van der Waals surface area contributed by atoms with Gasteiger partial charge in [-0.15, -0.1) is 0 Å². The molecule has 1 fully saturated rings. The lowest BCUT2D eigenvalue weighted by Crippen LogP contribution is -2.42. The number of unbranched alkanes of at least 4 members (excludes halogenated alkanes) is 1. The molecule has 3 rings (SSSR count). The van der Waals surface area contributed by atoms with E-state index in [4.69, 9.17) is 11.6 Å². The number of H-pyrrole nitrogens is 1. The van der Waals surface area contributed by atoms with E-state index in [2.05, 4.69) is 21.9 Å². The molecule has 1 saturated heterocycles. The number of nitrogens with zero attached hydrogens (tertiary/aromatic N) is 3. The van der Waals surface area contributed by atoms with Gasteiger partial charge in [0.2, 0.25) is 5.91 Å². The molecule has 26 heavy (non-hydrogen) atoms. The van der Waals surface area contributed by atoms with Gasteiger partial charge in [0.05, 0.1) is 27.8 Å². The Morgan fingerprint density at radius 1 is 1.50 bits per heavy atom. The Labute approximate surface area is 161 Å². The second-order valence-electron chi connectivity index (χ2n) is 6.35. The van der Waals surface area contributed by atoms with Crippen LogP contribution in [0.25, 0.3) is 11.2 Å². The van der Waals surface area contributed by atoms with Gasteiger partial charge < -0.3 is 9.88 Å². The quantitative estimate of drug-likeness (QED) is 0.696. The second kappa shape index (κ2) is 8.14. The summed E-state index contributed by atoms with van der Waals surface area (Å²) in [7, 11) is -3.03. The van der Waals surface area contributed by atoms with Crippen molar-refractivity contribution in [2.24, 2.45) is 0 Å². The number of nitrogens with one attached hydrogen (secondary N) is 1. The van der Waals surface area contributed by atoms with Crippen LogP contribution < -0.4 is 0 Å². The number of pyridine rings is 1. The van der Waals surface area contributed by atoms with Crippen LogP contribution in [0.3, 0.4) is 0 Å². The normalized spacial score (nSPS) is 19.1. The van der Waals surface area contributed by atoms with Gasteiger partial charge in [0.25, 0.3) is 0 Å². The molecule has 1 aliphatic rings. The first-order valence-electron chi connectivity index (χ1n) is 8.52. The molecule has 0 aromatic carbocycles. The number of carbonyl (C=O) groups is 1. The van der Waals surface area contributed by atoms with Crippen molar-refractivity contribution in [3.63, 3.8) is 0 Å². The molecule has 1 aliphatic heterocycles. The number of rotatable bonds is 7. The molecule has 2 aromatic heterocycles. The number of fused-ring (bicyclic) bond motifs is 1. The predicted molar refractivity (Wildman–Crippen MR) is 103 cm³/mol. The van der Waals surface area contributed by atoms with Crippen LogP contribution in [0.4, 0.5) is 0 Å². The average molecular weight is 417 g/mol. The minimum atomic E-state index is -3.03. The molecule has 1 atom stereocenters. The lowest BCUT2D eigenvalue weighted by atomic mass is 10.2. The molecular formula is C16H21ClN4O3S2. The first kappa shape index (κ1) is 19.4. The van der Waals surface area contributed by atoms with Gasteiger partial charge in [-0.1, -0.05) is 36.7 Å². The van der Waals surface area contributed by atoms with Crippen molar-refractivity contribution in [3.8, 4) is 0 Å².